The van der Waals surface area contributed by atoms with E-state index in [1.165, 1.54) is 0 Å². The first-order valence-corrected chi connectivity index (χ1v) is 9.35. The molecule has 0 bridgehead atoms. The van der Waals surface area contributed by atoms with Crippen LogP contribution in [0.1, 0.15) is 10.4 Å². The van der Waals surface area contributed by atoms with E-state index >= 15 is 0 Å². The van der Waals surface area contributed by atoms with Crippen molar-refractivity contribution in [2.75, 3.05) is 0 Å². The number of hydrogen-bond donors (Lipinski definition) is 1. The van der Waals surface area contributed by atoms with Gasteiger partial charge < -0.3 is 14.0 Å². The third kappa shape index (κ3) is 3.32. The topological polar surface area (TPSA) is 51.3 Å². The van der Waals surface area contributed by atoms with E-state index in [-0.39, 0.29) is 0 Å². The molecule has 1 N–H and O–H groups in total. The summed E-state index contributed by atoms with van der Waals surface area (Å²) in [6.07, 6.45) is 0.853. The highest BCUT2D eigenvalue weighted by Crippen LogP contribution is 2.41. The first-order chi connectivity index (χ1) is 12.8. The van der Waals surface area contributed by atoms with E-state index in [1.54, 1.807) is 0 Å². The summed E-state index contributed by atoms with van der Waals surface area (Å²) in [6, 6.07) is 26.6. The number of fused-ring (bicyclic) bond motifs is 1. The fraction of sp³-hybridized carbons (Fsp3) is 0. The Morgan fingerprint density at radius 1 is 0.731 bits per heavy atom. The highest BCUT2D eigenvalue weighted by Gasteiger charge is 2.25. The molecule has 26 heavy (non-hydrogen) atoms. The van der Waals surface area contributed by atoms with Crippen LogP contribution in [0.15, 0.2) is 84.9 Å². The Labute approximate surface area is 152 Å². The molecule has 3 aromatic carbocycles. The number of H-pyrrole nitrogens is 1. The maximum Gasteiger partial charge on any atom is 0.344 e. The van der Waals surface area contributed by atoms with Crippen molar-refractivity contribution in [2.45, 2.75) is 0 Å². The number of rotatable bonds is 6. The van der Waals surface area contributed by atoms with Crippen molar-refractivity contribution in [3.63, 3.8) is 0 Å². The third-order valence-corrected chi connectivity index (χ3v) is 5.36. The molecule has 0 aliphatic carbocycles. The molecule has 0 unspecified atom stereocenters. The first kappa shape index (κ1) is 16.4. The van der Waals surface area contributed by atoms with Gasteiger partial charge in [-0.1, -0.05) is 54.6 Å². The zero-order chi connectivity index (χ0) is 17.8. The largest absolute Gasteiger partial charge is 0.434 e. The van der Waals surface area contributed by atoms with Gasteiger partial charge in [-0.25, -0.2) is 0 Å². The van der Waals surface area contributed by atoms with Gasteiger partial charge in [-0.15, -0.1) is 0 Å². The van der Waals surface area contributed by atoms with Crippen molar-refractivity contribution in [1.82, 2.24) is 4.98 Å². The van der Waals surface area contributed by atoms with Gasteiger partial charge in [0.25, 0.3) is 0 Å². The minimum Gasteiger partial charge on any atom is -0.434 e. The summed E-state index contributed by atoms with van der Waals surface area (Å²) in [7, 11) is -1.57. The average Bonchev–Trinajstić information content (AvgIpc) is 3.08. The monoisotopic (exact) mass is 361 g/mol. The normalized spacial score (nSPS) is 10.8. The second kappa shape index (κ2) is 7.42. The molecule has 0 saturated heterocycles. The van der Waals surface area contributed by atoms with Crippen LogP contribution in [-0.4, -0.2) is 11.3 Å². The molecule has 0 aliphatic rings. The number of benzene rings is 3. The van der Waals surface area contributed by atoms with E-state index < -0.39 is 8.38 Å². The van der Waals surface area contributed by atoms with Gasteiger partial charge in [0.15, 0.2) is 6.29 Å². The van der Waals surface area contributed by atoms with E-state index in [0.29, 0.717) is 22.5 Å². The van der Waals surface area contributed by atoms with Gasteiger partial charge in [0.2, 0.25) is 0 Å². The van der Waals surface area contributed by atoms with Gasteiger partial charge in [-0.2, -0.15) is 0 Å². The van der Waals surface area contributed by atoms with E-state index in [4.69, 9.17) is 9.05 Å². The van der Waals surface area contributed by atoms with Crippen LogP contribution in [0, 0.1) is 0 Å². The van der Waals surface area contributed by atoms with Gasteiger partial charge >= 0.3 is 8.38 Å². The molecule has 128 valence electrons. The molecule has 1 heterocycles. The van der Waals surface area contributed by atoms with E-state index in [0.717, 1.165) is 17.2 Å². The number of hydrogen-bond acceptors (Lipinski definition) is 3. The number of nitrogens with one attached hydrogen (secondary N) is 1. The zero-order valence-electron chi connectivity index (χ0n) is 13.8. The smallest absolute Gasteiger partial charge is 0.344 e. The Balaban J connectivity index is 1.78. The number of aromatic amines is 1. The molecule has 4 rings (SSSR count). The van der Waals surface area contributed by atoms with Crippen LogP contribution < -0.4 is 14.5 Å². The molecule has 0 saturated carbocycles. The summed E-state index contributed by atoms with van der Waals surface area (Å²) in [6.45, 7) is 0. The summed E-state index contributed by atoms with van der Waals surface area (Å²) < 4.78 is 12.3. The number of aromatic nitrogens is 1. The summed E-state index contributed by atoms with van der Waals surface area (Å²) in [5.41, 5.74) is 2.10. The fourth-order valence-electron chi connectivity index (χ4n) is 2.68. The van der Waals surface area contributed by atoms with Crippen molar-refractivity contribution in [1.29, 1.82) is 0 Å². The van der Waals surface area contributed by atoms with Crippen molar-refractivity contribution in [3.05, 3.63) is 90.5 Å². The lowest BCUT2D eigenvalue weighted by Crippen LogP contribution is -2.15. The third-order valence-electron chi connectivity index (χ3n) is 3.89. The van der Waals surface area contributed by atoms with Crippen LogP contribution in [-0.2, 0) is 0 Å². The molecule has 0 radical (unpaired) electrons. The van der Waals surface area contributed by atoms with Crippen molar-refractivity contribution >= 4 is 31.0 Å². The Morgan fingerprint density at radius 2 is 1.27 bits per heavy atom. The molecule has 5 heteroatoms. The molecule has 0 fully saturated rings. The highest BCUT2D eigenvalue weighted by atomic mass is 31.2. The maximum absolute atomic E-state index is 11.8. The van der Waals surface area contributed by atoms with Crippen LogP contribution >= 0.6 is 8.38 Å². The molecular weight excluding hydrogens is 345 g/mol. The van der Waals surface area contributed by atoms with Crippen LogP contribution in [0.25, 0.3) is 10.9 Å². The van der Waals surface area contributed by atoms with E-state index in [9.17, 15) is 4.79 Å². The number of para-hydroxylation sites is 3. The summed E-state index contributed by atoms with van der Waals surface area (Å²) in [5.74, 6) is 1.37. The lowest BCUT2D eigenvalue weighted by Gasteiger charge is -2.18. The van der Waals surface area contributed by atoms with Crippen molar-refractivity contribution < 1.29 is 13.8 Å². The molecule has 1 aromatic heterocycles. The predicted octanol–water partition coefficient (Wildman–Crippen LogP) is 5.08. The van der Waals surface area contributed by atoms with Gasteiger partial charge in [-0.3, -0.25) is 4.79 Å². The Morgan fingerprint density at radius 3 is 1.85 bits per heavy atom. The summed E-state index contributed by atoms with van der Waals surface area (Å²) in [5, 5.41) is 0.860. The van der Waals surface area contributed by atoms with E-state index in [2.05, 4.69) is 4.98 Å². The highest BCUT2D eigenvalue weighted by molar-refractivity contribution is 7.56. The number of aldehydes is 1. The van der Waals surface area contributed by atoms with Crippen LogP contribution in [0.2, 0.25) is 0 Å². The van der Waals surface area contributed by atoms with Gasteiger partial charge in [0, 0.05) is 10.9 Å². The number of carbonyl (C=O) groups excluding carboxylic acids is 1. The number of carbonyl (C=O) groups is 1. The molecule has 0 amide bonds. The van der Waals surface area contributed by atoms with Crippen LogP contribution in [0.5, 0.6) is 11.5 Å². The summed E-state index contributed by atoms with van der Waals surface area (Å²) in [4.78, 5) is 15.1. The molecule has 0 aliphatic heterocycles. The minimum atomic E-state index is -1.57. The Hall–Kier alpha value is -3.10. The zero-order valence-corrected chi connectivity index (χ0v) is 14.7. The molecular formula is C21H16NO3P. The first-order valence-electron chi connectivity index (χ1n) is 8.17. The van der Waals surface area contributed by atoms with Gasteiger partial charge in [0.1, 0.15) is 16.9 Å². The second-order valence-corrected chi connectivity index (χ2v) is 6.94. The predicted molar refractivity (Wildman–Crippen MR) is 104 cm³/mol. The quantitative estimate of drug-likeness (QED) is 0.385. The lowest BCUT2D eigenvalue weighted by atomic mass is 10.2. The summed E-state index contributed by atoms with van der Waals surface area (Å²) >= 11 is 0. The van der Waals surface area contributed by atoms with Gasteiger partial charge in [0.05, 0.1) is 5.56 Å². The maximum atomic E-state index is 11.8. The van der Waals surface area contributed by atoms with Crippen LogP contribution in [0.4, 0.5) is 0 Å². The standard InChI is InChI=1S/C21H16NO3P/c23-15-19-18-13-7-8-14-20(18)22-21(19)26(24-16-9-3-1-4-10-16)25-17-11-5-2-6-12-17/h1-15,22H. The lowest BCUT2D eigenvalue weighted by molar-refractivity contribution is 0.112. The molecule has 0 spiro atoms. The van der Waals surface area contributed by atoms with Gasteiger partial charge in [-0.05, 0) is 30.3 Å². The van der Waals surface area contributed by atoms with Crippen molar-refractivity contribution in [2.24, 2.45) is 0 Å². The molecule has 4 aromatic rings. The average molecular weight is 361 g/mol. The van der Waals surface area contributed by atoms with Crippen molar-refractivity contribution in [3.8, 4) is 11.5 Å². The van der Waals surface area contributed by atoms with Crippen LogP contribution in [0.3, 0.4) is 0 Å². The minimum absolute atomic E-state index is 0.568. The Bertz CT molecular complexity index is 974. The fourth-order valence-corrected chi connectivity index (χ4v) is 4.10. The molecule has 4 nitrogen and oxygen atoms in total. The second-order valence-electron chi connectivity index (χ2n) is 5.62. The van der Waals surface area contributed by atoms with E-state index in [1.807, 2.05) is 84.9 Å². The Kier molecular flexibility index (Phi) is 4.67. The molecule has 0 atom stereocenters. The SMILES string of the molecule is O=Cc1c(P(Oc2ccccc2)Oc2ccccc2)[nH]c2ccccc12.